The number of carbonyl (C=O) groups excluding carboxylic acids is 1. The number of hydrogen-bond donors (Lipinski definition) is 1. The Hall–Kier alpha value is -4.20. The fraction of sp³-hybridized carbons (Fsp3) is 0.0833. The summed E-state index contributed by atoms with van der Waals surface area (Å²) in [4.78, 5) is 13.0. The number of hydrogen-bond acceptors (Lipinski definition) is 3. The molecule has 2 aromatic carbocycles. The first-order valence-corrected chi connectivity index (χ1v) is 9.94. The molecule has 3 aromatic heterocycles. The van der Waals surface area contributed by atoms with Crippen molar-refractivity contribution in [1.29, 1.82) is 0 Å². The molecule has 0 fully saturated rings. The lowest BCUT2D eigenvalue weighted by Crippen LogP contribution is -2.17. The maximum absolute atomic E-state index is 13.6. The molecule has 3 heterocycles. The molecule has 6 nitrogen and oxygen atoms in total. The van der Waals surface area contributed by atoms with Crippen molar-refractivity contribution in [1.82, 2.24) is 14.3 Å². The van der Waals surface area contributed by atoms with E-state index in [1.54, 1.807) is 64.3 Å². The second-order valence-corrected chi connectivity index (χ2v) is 7.42. The quantitative estimate of drug-likeness (QED) is 0.408. The van der Waals surface area contributed by atoms with Crippen molar-refractivity contribution in [3.8, 4) is 0 Å². The number of nitrogens with one attached hydrogen (secondary N) is 1. The van der Waals surface area contributed by atoms with Gasteiger partial charge >= 0.3 is 0 Å². The molecular weight excluding hydrogens is 414 g/mol. The van der Waals surface area contributed by atoms with E-state index in [0.717, 1.165) is 16.6 Å². The molecule has 0 atom stereocenters. The van der Waals surface area contributed by atoms with Crippen LogP contribution >= 0.6 is 0 Å². The minimum absolute atomic E-state index is 0.297. The molecular formula is C24H18F2N4O2. The van der Waals surface area contributed by atoms with Crippen molar-refractivity contribution >= 4 is 22.7 Å². The fourth-order valence-corrected chi connectivity index (χ4v) is 3.64. The summed E-state index contributed by atoms with van der Waals surface area (Å²) >= 11 is 0. The maximum Gasteiger partial charge on any atom is 0.272 e. The number of anilines is 1. The number of aromatic nitrogens is 3. The molecule has 0 aliphatic carbocycles. The normalized spacial score (nSPS) is 11.2. The Labute approximate surface area is 181 Å². The molecule has 0 saturated heterocycles. The van der Waals surface area contributed by atoms with Crippen LogP contribution in [0.3, 0.4) is 0 Å². The van der Waals surface area contributed by atoms with Gasteiger partial charge in [-0.1, -0.05) is 24.3 Å². The van der Waals surface area contributed by atoms with Crippen LogP contribution in [0, 0.1) is 11.6 Å². The summed E-state index contributed by atoms with van der Waals surface area (Å²) in [6, 6.07) is 15.8. The highest BCUT2D eigenvalue weighted by atomic mass is 19.1. The van der Waals surface area contributed by atoms with E-state index >= 15 is 0 Å². The Kier molecular flexibility index (Phi) is 5.03. The summed E-state index contributed by atoms with van der Waals surface area (Å²) < 4.78 is 35.6. The smallest absolute Gasteiger partial charge is 0.272 e. The van der Waals surface area contributed by atoms with Crippen molar-refractivity contribution in [2.24, 2.45) is 0 Å². The number of halogens is 2. The van der Waals surface area contributed by atoms with Crippen LogP contribution in [-0.2, 0) is 13.1 Å². The van der Waals surface area contributed by atoms with Crippen LogP contribution < -0.4 is 5.32 Å². The lowest BCUT2D eigenvalue weighted by molar-refractivity contribution is 0.101. The van der Waals surface area contributed by atoms with Gasteiger partial charge in [-0.15, -0.1) is 0 Å². The minimum Gasteiger partial charge on any atom is -0.463 e. The van der Waals surface area contributed by atoms with Crippen molar-refractivity contribution in [3.63, 3.8) is 0 Å². The van der Waals surface area contributed by atoms with Gasteiger partial charge in [0.2, 0.25) is 0 Å². The third kappa shape index (κ3) is 4.02. The summed E-state index contributed by atoms with van der Waals surface area (Å²) in [6.07, 6.45) is 4.80. The Morgan fingerprint density at radius 2 is 1.81 bits per heavy atom. The van der Waals surface area contributed by atoms with Crippen LogP contribution in [0.25, 0.3) is 11.1 Å². The molecule has 1 amide bonds. The van der Waals surface area contributed by atoms with Gasteiger partial charge in [0.25, 0.3) is 5.91 Å². The van der Waals surface area contributed by atoms with E-state index in [0.29, 0.717) is 30.1 Å². The van der Waals surface area contributed by atoms with E-state index in [1.807, 2.05) is 0 Å². The van der Waals surface area contributed by atoms with Crippen LogP contribution in [0.2, 0.25) is 0 Å². The lowest BCUT2D eigenvalue weighted by Gasteiger charge is -2.10. The molecule has 8 heteroatoms. The molecule has 0 unspecified atom stereocenters. The number of rotatable bonds is 6. The summed E-state index contributed by atoms with van der Waals surface area (Å²) in [5.74, 6) is -0.971. The van der Waals surface area contributed by atoms with Crippen molar-refractivity contribution in [2.75, 3.05) is 5.32 Å². The second kappa shape index (κ2) is 8.14. The molecule has 0 saturated carbocycles. The van der Waals surface area contributed by atoms with Crippen LogP contribution in [-0.4, -0.2) is 20.3 Å². The number of benzene rings is 2. The van der Waals surface area contributed by atoms with E-state index < -0.39 is 0 Å². The average Bonchev–Trinajstić information content (AvgIpc) is 3.48. The Bertz CT molecular complexity index is 1400. The standard InChI is InChI=1S/C24H18F2N4O2/c25-18-6-4-16(5-7-18)13-29-15-20(12-27-29)28-24(31)22-11-23-21(8-9-32-23)30(22)14-17-2-1-3-19(26)10-17/h1-12,15H,13-14H2,(H,28,31). The van der Waals surface area contributed by atoms with Gasteiger partial charge in [0, 0.05) is 24.9 Å². The number of furan rings is 1. The average molecular weight is 432 g/mol. The van der Waals surface area contributed by atoms with E-state index in [9.17, 15) is 13.6 Å². The highest BCUT2D eigenvalue weighted by Gasteiger charge is 2.18. The second-order valence-electron chi connectivity index (χ2n) is 7.42. The number of carbonyl (C=O) groups is 1. The number of fused-ring (bicyclic) bond motifs is 1. The Balaban J connectivity index is 1.37. The highest BCUT2D eigenvalue weighted by Crippen LogP contribution is 2.24. The third-order valence-corrected chi connectivity index (χ3v) is 5.13. The molecule has 160 valence electrons. The molecule has 32 heavy (non-hydrogen) atoms. The monoisotopic (exact) mass is 432 g/mol. The zero-order valence-corrected chi connectivity index (χ0v) is 16.8. The SMILES string of the molecule is O=C(Nc1cnn(Cc2ccc(F)cc2)c1)c1cc2occc2n1Cc1cccc(F)c1. The summed E-state index contributed by atoms with van der Waals surface area (Å²) in [7, 11) is 0. The minimum atomic E-state index is -0.339. The van der Waals surface area contributed by atoms with Gasteiger partial charge in [0.1, 0.15) is 17.3 Å². The summed E-state index contributed by atoms with van der Waals surface area (Å²) in [5, 5.41) is 7.10. The van der Waals surface area contributed by atoms with Crippen molar-refractivity contribution in [2.45, 2.75) is 13.1 Å². The molecule has 5 rings (SSSR count). The van der Waals surface area contributed by atoms with E-state index in [1.165, 1.54) is 24.3 Å². The largest absolute Gasteiger partial charge is 0.463 e. The third-order valence-electron chi connectivity index (χ3n) is 5.13. The molecule has 0 aliphatic heterocycles. The van der Waals surface area contributed by atoms with E-state index in [-0.39, 0.29) is 17.5 Å². The van der Waals surface area contributed by atoms with Gasteiger partial charge in [-0.25, -0.2) is 8.78 Å². The van der Waals surface area contributed by atoms with Crippen molar-refractivity contribution in [3.05, 3.63) is 108 Å². The van der Waals surface area contributed by atoms with E-state index in [4.69, 9.17) is 4.42 Å². The van der Waals surface area contributed by atoms with Crippen LogP contribution in [0.5, 0.6) is 0 Å². The maximum atomic E-state index is 13.6. The van der Waals surface area contributed by atoms with E-state index in [2.05, 4.69) is 10.4 Å². The van der Waals surface area contributed by atoms with Gasteiger partial charge in [-0.05, 0) is 35.4 Å². The van der Waals surface area contributed by atoms with Gasteiger partial charge in [-0.2, -0.15) is 5.10 Å². The number of nitrogens with zero attached hydrogens (tertiary/aromatic N) is 3. The molecule has 0 spiro atoms. The first kappa shape index (κ1) is 19.7. The van der Waals surface area contributed by atoms with Crippen LogP contribution in [0.1, 0.15) is 21.6 Å². The zero-order chi connectivity index (χ0) is 22.1. The van der Waals surface area contributed by atoms with Crippen molar-refractivity contribution < 1.29 is 18.0 Å². The van der Waals surface area contributed by atoms with Crippen LogP contribution in [0.4, 0.5) is 14.5 Å². The highest BCUT2D eigenvalue weighted by molar-refractivity contribution is 6.05. The first-order chi connectivity index (χ1) is 15.5. The molecule has 5 aromatic rings. The Morgan fingerprint density at radius 1 is 0.969 bits per heavy atom. The van der Waals surface area contributed by atoms with Crippen LogP contribution in [0.15, 0.2) is 83.7 Å². The molecule has 0 radical (unpaired) electrons. The summed E-state index contributed by atoms with van der Waals surface area (Å²) in [6.45, 7) is 0.756. The summed E-state index contributed by atoms with van der Waals surface area (Å²) in [5.41, 5.74) is 3.83. The van der Waals surface area contributed by atoms with Gasteiger partial charge in [0.15, 0.2) is 5.58 Å². The first-order valence-electron chi connectivity index (χ1n) is 9.94. The molecule has 1 N–H and O–H groups in total. The van der Waals surface area contributed by atoms with Gasteiger partial charge in [-0.3, -0.25) is 9.48 Å². The predicted molar refractivity (Wildman–Crippen MR) is 115 cm³/mol. The van der Waals surface area contributed by atoms with Gasteiger partial charge < -0.3 is 14.3 Å². The Morgan fingerprint density at radius 3 is 2.62 bits per heavy atom. The molecule has 0 aliphatic rings. The number of amides is 1. The topological polar surface area (TPSA) is 65.0 Å². The molecule has 0 bridgehead atoms. The fourth-order valence-electron chi connectivity index (χ4n) is 3.64. The zero-order valence-electron chi connectivity index (χ0n) is 16.8. The lowest BCUT2D eigenvalue weighted by atomic mass is 10.2. The van der Waals surface area contributed by atoms with Gasteiger partial charge in [0.05, 0.1) is 30.2 Å². The predicted octanol–water partition coefficient (Wildman–Crippen LogP) is 5.06.